The Balaban J connectivity index is 3.29. The molecule has 1 heterocycles. The average molecular weight is 205 g/mol. The molecule has 0 unspecified atom stereocenters. The molecule has 0 aliphatic heterocycles. The molecule has 0 atom stereocenters. The van der Waals surface area contributed by atoms with Crippen LogP contribution in [0.25, 0.3) is 0 Å². The molecule has 1 rings (SSSR count). The smallest absolute Gasteiger partial charge is 0.418 e. The van der Waals surface area contributed by atoms with Crippen LogP contribution in [-0.4, -0.2) is 18.4 Å². The maximum Gasteiger partial charge on any atom is 0.418 e. The van der Waals surface area contributed by atoms with Gasteiger partial charge in [0.05, 0.1) is 18.9 Å². The van der Waals surface area contributed by atoms with Crippen molar-refractivity contribution in [1.82, 2.24) is 4.98 Å². The highest BCUT2D eigenvalue weighted by molar-refractivity contribution is 5.74. The Morgan fingerprint density at radius 3 is 2.57 bits per heavy atom. The first-order valence-electron chi connectivity index (χ1n) is 3.55. The fraction of sp³-hybridized carbons (Fsp3) is 0.250. The minimum absolute atomic E-state index is 0.0390. The van der Waals surface area contributed by atoms with Crippen molar-refractivity contribution in [2.45, 2.75) is 6.18 Å². The molecule has 0 aromatic carbocycles. The Labute approximate surface area is 77.5 Å². The molecule has 0 radical (unpaired) electrons. The van der Waals surface area contributed by atoms with Crippen molar-refractivity contribution in [1.29, 1.82) is 0 Å². The van der Waals surface area contributed by atoms with Crippen LogP contribution in [0.2, 0.25) is 0 Å². The van der Waals surface area contributed by atoms with E-state index in [0.717, 1.165) is 12.3 Å². The van der Waals surface area contributed by atoms with Crippen LogP contribution < -0.4 is 4.74 Å². The van der Waals surface area contributed by atoms with Gasteiger partial charge in [0.2, 0.25) is 0 Å². The van der Waals surface area contributed by atoms with E-state index in [9.17, 15) is 18.0 Å². The Kier molecular flexibility index (Phi) is 2.73. The van der Waals surface area contributed by atoms with Crippen LogP contribution in [0.4, 0.5) is 13.2 Å². The van der Waals surface area contributed by atoms with E-state index in [1.807, 2.05) is 0 Å². The number of nitrogens with zero attached hydrogens (tertiary/aromatic N) is 1. The number of aldehydes is 1. The summed E-state index contributed by atoms with van der Waals surface area (Å²) >= 11 is 0. The second-order valence-electron chi connectivity index (χ2n) is 2.42. The fourth-order valence-corrected chi connectivity index (χ4v) is 0.889. The molecule has 14 heavy (non-hydrogen) atoms. The number of hydrogen-bond donors (Lipinski definition) is 0. The zero-order chi connectivity index (χ0) is 10.8. The summed E-state index contributed by atoms with van der Waals surface area (Å²) < 4.78 is 41.5. The van der Waals surface area contributed by atoms with Gasteiger partial charge in [-0.25, -0.2) is 4.98 Å². The van der Waals surface area contributed by atoms with Gasteiger partial charge in [-0.1, -0.05) is 0 Å². The third-order valence-corrected chi connectivity index (χ3v) is 1.55. The summed E-state index contributed by atoms with van der Waals surface area (Å²) in [6.45, 7) is 0. The van der Waals surface area contributed by atoms with Gasteiger partial charge in [-0.2, -0.15) is 13.2 Å². The average Bonchev–Trinajstić information content (AvgIpc) is 2.15. The van der Waals surface area contributed by atoms with Crippen LogP contribution in [0.5, 0.6) is 5.75 Å². The standard InChI is InChI=1S/C8H6F3NO2/c1-14-5-2-6(8(9,10)11)7(4-13)12-3-5/h2-4H,1H3. The molecule has 0 fully saturated rings. The molecule has 0 amide bonds. The number of aromatic nitrogens is 1. The number of hydrogen-bond acceptors (Lipinski definition) is 3. The topological polar surface area (TPSA) is 39.2 Å². The molecule has 0 aliphatic carbocycles. The van der Waals surface area contributed by atoms with Gasteiger partial charge < -0.3 is 4.74 Å². The minimum atomic E-state index is -4.60. The first kappa shape index (κ1) is 10.5. The van der Waals surface area contributed by atoms with Gasteiger partial charge in [0.25, 0.3) is 0 Å². The maximum absolute atomic E-state index is 12.3. The van der Waals surface area contributed by atoms with Gasteiger partial charge in [0.15, 0.2) is 6.29 Å². The molecular weight excluding hydrogens is 199 g/mol. The van der Waals surface area contributed by atoms with E-state index in [1.165, 1.54) is 7.11 Å². The molecule has 3 nitrogen and oxygen atoms in total. The molecule has 0 aliphatic rings. The summed E-state index contributed by atoms with van der Waals surface area (Å²) in [7, 11) is 1.22. The summed E-state index contributed by atoms with van der Waals surface area (Å²) in [5.41, 5.74) is -1.73. The maximum atomic E-state index is 12.3. The van der Waals surface area contributed by atoms with E-state index in [2.05, 4.69) is 9.72 Å². The summed E-state index contributed by atoms with van der Waals surface area (Å²) in [5, 5.41) is 0. The van der Waals surface area contributed by atoms with Crippen LogP contribution in [0, 0.1) is 0 Å². The van der Waals surface area contributed by atoms with Crippen LogP contribution >= 0.6 is 0 Å². The Hall–Kier alpha value is -1.59. The summed E-state index contributed by atoms with van der Waals surface area (Å²) in [5.74, 6) is -0.0390. The van der Waals surface area contributed by atoms with E-state index in [-0.39, 0.29) is 12.0 Å². The molecule has 0 N–H and O–H groups in total. The predicted octanol–water partition coefficient (Wildman–Crippen LogP) is 1.92. The van der Waals surface area contributed by atoms with Gasteiger partial charge in [-0.3, -0.25) is 4.79 Å². The lowest BCUT2D eigenvalue weighted by molar-refractivity contribution is -0.138. The van der Waals surface area contributed by atoms with Crippen LogP contribution in [0.15, 0.2) is 12.3 Å². The number of alkyl halides is 3. The third-order valence-electron chi connectivity index (χ3n) is 1.55. The minimum Gasteiger partial charge on any atom is -0.495 e. The Morgan fingerprint density at radius 2 is 2.14 bits per heavy atom. The van der Waals surface area contributed by atoms with E-state index in [0.29, 0.717) is 0 Å². The monoisotopic (exact) mass is 205 g/mol. The molecular formula is C8H6F3NO2. The Morgan fingerprint density at radius 1 is 1.50 bits per heavy atom. The van der Waals surface area contributed by atoms with Gasteiger partial charge in [0.1, 0.15) is 11.4 Å². The molecule has 0 saturated heterocycles. The predicted molar refractivity (Wildman–Crippen MR) is 41.2 cm³/mol. The summed E-state index contributed by atoms with van der Waals surface area (Å²) in [6, 6.07) is 0.733. The lowest BCUT2D eigenvalue weighted by Gasteiger charge is -2.09. The Bertz CT molecular complexity index is 349. The largest absolute Gasteiger partial charge is 0.495 e. The van der Waals surface area contributed by atoms with Gasteiger partial charge in [-0.15, -0.1) is 0 Å². The molecule has 1 aromatic rings. The quantitative estimate of drug-likeness (QED) is 0.692. The number of pyridine rings is 1. The molecule has 6 heteroatoms. The first-order chi connectivity index (χ1) is 6.49. The molecule has 1 aromatic heterocycles. The molecule has 76 valence electrons. The summed E-state index contributed by atoms with van der Waals surface area (Å²) in [6.07, 6.45) is -3.49. The van der Waals surface area contributed by atoms with Crippen molar-refractivity contribution in [3.8, 4) is 5.75 Å². The number of halogens is 3. The van der Waals surface area contributed by atoms with Gasteiger partial charge in [-0.05, 0) is 6.07 Å². The van der Waals surface area contributed by atoms with Crippen molar-refractivity contribution in [3.05, 3.63) is 23.5 Å². The number of carbonyl (C=O) groups is 1. The van der Waals surface area contributed by atoms with E-state index < -0.39 is 17.4 Å². The third kappa shape index (κ3) is 2.01. The zero-order valence-electron chi connectivity index (χ0n) is 7.13. The second-order valence-corrected chi connectivity index (χ2v) is 2.42. The lowest BCUT2D eigenvalue weighted by atomic mass is 10.2. The van der Waals surface area contributed by atoms with Crippen LogP contribution in [0.1, 0.15) is 16.1 Å². The SMILES string of the molecule is COc1cnc(C=O)c(C(F)(F)F)c1. The van der Waals surface area contributed by atoms with Crippen molar-refractivity contribution < 1.29 is 22.7 Å². The molecule has 0 saturated carbocycles. The highest BCUT2D eigenvalue weighted by Gasteiger charge is 2.34. The van der Waals surface area contributed by atoms with Gasteiger partial charge in [0, 0.05) is 0 Å². The van der Waals surface area contributed by atoms with Gasteiger partial charge >= 0.3 is 6.18 Å². The second kappa shape index (κ2) is 3.65. The van der Waals surface area contributed by atoms with Crippen LogP contribution in [-0.2, 0) is 6.18 Å². The summed E-state index contributed by atoms with van der Waals surface area (Å²) in [4.78, 5) is 13.6. The molecule has 0 spiro atoms. The van der Waals surface area contributed by atoms with Crippen molar-refractivity contribution in [2.24, 2.45) is 0 Å². The lowest BCUT2D eigenvalue weighted by Crippen LogP contribution is -2.10. The van der Waals surface area contributed by atoms with Crippen molar-refractivity contribution in [3.63, 3.8) is 0 Å². The normalized spacial score (nSPS) is 11.1. The zero-order valence-corrected chi connectivity index (χ0v) is 7.13. The highest BCUT2D eigenvalue weighted by Crippen LogP contribution is 2.32. The van der Waals surface area contributed by atoms with Crippen molar-refractivity contribution >= 4 is 6.29 Å². The first-order valence-corrected chi connectivity index (χ1v) is 3.55. The van der Waals surface area contributed by atoms with E-state index >= 15 is 0 Å². The van der Waals surface area contributed by atoms with E-state index in [4.69, 9.17) is 0 Å². The fourth-order valence-electron chi connectivity index (χ4n) is 0.889. The van der Waals surface area contributed by atoms with Crippen LogP contribution in [0.3, 0.4) is 0 Å². The highest BCUT2D eigenvalue weighted by atomic mass is 19.4. The number of ether oxygens (including phenoxy) is 1. The number of rotatable bonds is 2. The van der Waals surface area contributed by atoms with Crippen molar-refractivity contribution in [2.75, 3.05) is 7.11 Å². The van der Waals surface area contributed by atoms with E-state index in [1.54, 1.807) is 0 Å². The number of carbonyl (C=O) groups excluding carboxylic acids is 1. The number of methoxy groups -OCH3 is 1. The molecule has 0 bridgehead atoms.